The second-order valence-electron chi connectivity index (χ2n) is 2.67. The molecule has 0 heterocycles. The van der Waals surface area contributed by atoms with Crippen LogP contribution in [0, 0.1) is 0 Å². The van der Waals surface area contributed by atoms with Gasteiger partial charge in [0.25, 0.3) is 5.91 Å². The van der Waals surface area contributed by atoms with Crippen molar-refractivity contribution in [1.29, 1.82) is 0 Å². The number of amides is 3. The standard InChI is InChI=1S/C9H10BrN3O2/c1-11-9(15)13-12-8(14)6-3-2-4-7(10)5-6/h2-5H,1H3,(H,12,14)(H2,11,13,15). The van der Waals surface area contributed by atoms with Crippen molar-refractivity contribution in [3.63, 3.8) is 0 Å². The molecular weight excluding hydrogens is 262 g/mol. The second kappa shape index (κ2) is 5.35. The van der Waals surface area contributed by atoms with Crippen LogP contribution in [0.2, 0.25) is 0 Å². The molecule has 80 valence electrons. The van der Waals surface area contributed by atoms with E-state index in [0.717, 1.165) is 4.47 Å². The highest BCUT2D eigenvalue weighted by atomic mass is 79.9. The lowest BCUT2D eigenvalue weighted by Gasteiger charge is -2.06. The second-order valence-corrected chi connectivity index (χ2v) is 3.58. The Morgan fingerprint density at radius 2 is 2.00 bits per heavy atom. The third kappa shape index (κ3) is 3.59. The van der Waals surface area contributed by atoms with Crippen LogP contribution < -0.4 is 16.2 Å². The van der Waals surface area contributed by atoms with Gasteiger partial charge in [-0.2, -0.15) is 0 Å². The van der Waals surface area contributed by atoms with E-state index in [1.54, 1.807) is 18.2 Å². The molecule has 0 unspecified atom stereocenters. The smallest absolute Gasteiger partial charge is 0.333 e. The molecule has 1 rings (SSSR count). The van der Waals surface area contributed by atoms with Crippen LogP contribution in [0.4, 0.5) is 4.79 Å². The molecule has 0 saturated carbocycles. The lowest BCUT2D eigenvalue weighted by molar-refractivity contribution is 0.0936. The molecule has 3 N–H and O–H groups in total. The van der Waals surface area contributed by atoms with Crippen LogP contribution in [-0.4, -0.2) is 19.0 Å². The van der Waals surface area contributed by atoms with E-state index < -0.39 is 6.03 Å². The van der Waals surface area contributed by atoms with Crippen LogP contribution in [0.5, 0.6) is 0 Å². The number of hydrogen-bond acceptors (Lipinski definition) is 2. The van der Waals surface area contributed by atoms with Crippen LogP contribution in [0.3, 0.4) is 0 Å². The third-order valence-corrected chi connectivity index (χ3v) is 2.10. The fourth-order valence-corrected chi connectivity index (χ4v) is 1.28. The van der Waals surface area contributed by atoms with Crippen LogP contribution in [0.25, 0.3) is 0 Å². The first kappa shape index (κ1) is 11.5. The molecule has 0 saturated heterocycles. The van der Waals surface area contributed by atoms with Gasteiger partial charge in [0.05, 0.1) is 0 Å². The molecular formula is C9H10BrN3O2. The van der Waals surface area contributed by atoms with Gasteiger partial charge in [0, 0.05) is 17.1 Å². The summed E-state index contributed by atoms with van der Waals surface area (Å²) in [6.45, 7) is 0. The number of benzene rings is 1. The zero-order chi connectivity index (χ0) is 11.3. The fourth-order valence-electron chi connectivity index (χ4n) is 0.878. The molecule has 15 heavy (non-hydrogen) atoms. The zero-order valence-corrected chi connectivity index (χ0v) is 9.59. The minimum atomic E-state index is -0.474. The lowest BCUT2D eigenvalue weighted by Crippen LogP contribution is -2.45. The molecule has 0 aliphatic heterocycles. The van der Waals surface area contributed by atoms with Crippen molar-refractivity contribution < 1.29 is 9.59 Å². The first-order valence-electron chi connectivity index (χ1n) is 4.17. The maximum Gasteiger partial charge on any atom is 0.333 e. The maximum atomic E-state index is 11.4. The zero-order valence-electron chi connectivity index (χ0n) is 8.00. The number of urea groups is 1. The average Bonchev–Trinajstić information content (AvgIpc) is 2.25. The number of halogens is 1. The van der Waals surface area contributed by atoms with Gasteiger partial charge in [-0.25, -0.2) is 10.2 Å². The average molecular weight is 272 g/mol. The third-order valence-electron chi connectivity index (χ3n) is 1.60. The number of carbonyl (C=O) groups excluding carboxylic acids is 2. The number of rotatable bonds is 1. The van der Waals surface area contributed by atoms with Crippen molar-refractivity contribution in [2.24, 2.45) is 0 Å². The summed E-state index contributed by atoms with van der Waals surface area (Å²) in [7, 11) is 1.46. The molecule has 0 aliphatic rings. The molecule has 5 nitrogen and oxygen atoms in total. The van der Waals surface area contributed by atoms with E-state index in [4.69, 9.17) is 0 Å². The van der Waals surface area contributed by atoms with Crippen molar-refractivity contribution in [2.45, 2.75) is 0 Å². The van der Waals surface area contributed by atoms with E-state index in [-0.39, 0.29) is 5.91 Å². The van der Waals surface area contributed by atoms with E-state index in [1.165, 1.54) is 7.05 Å². The highest BCUT2D eigenvalue weighted by Crippen LogP contribution is 2.10. The Morgan fingerprint density at radius 1 is 1.27 bits per heavy atom. The van der Waals surface area contributed by atoms with E-state index in [9.17, 15) is 9.59 Å². The highest BCUT2D eigenvalue weighted by molar-refractivity contribution is 9.10. The molecule has 0 aliphatic carbocycles. The molecule has 0 spiro atoms. The SMILES string of the molecule is CNC(=O)NNC(=O)c1cccc(Br)c1. The van der Waals surface area contributed by atoms with Crippen molar-refractivity contribution in [1.82, 2.24) is 16.2 Å². The van der Waals surface area contributed by atoms with Gasteiger partial charge in [0.1, 0.15) is 0 Å². The van der Waals surface area contributed by atoms with Gasteiger partial charge in [-0.15, -0.1) is 0 Å². The highest BCUT2D eigenvalue weighted by Gasteiger charge is 2.05. The monoisotopic (exact) mass is 271 g/mol. The number of hydrazine groups is 1. The summed E-state index contributed by atoms with van der Waals surface area (Å²) in [5, 5.41) is 2.31. The molecule has 6 heteroatoms. The van der Waals surface area contributed by atoms with Gasteiger partial charge < -0.3 is 5.32 Å². The molecule has 0 fully saturated rings. The Balaban J connectivity index is 2.58. The van der Waals surface area contributed by atoms with Crippen LogP contribution in [-0.2, 0) is 0 Å². The Labute approximate surface area is 95.3 Å². The van der Waals surface area contributed by atoms with Crippen LogP contribution in [0.15, 0.2) is 28.7 Å². The Morgan fingerprint density at radius 3 is 2.60 bits per heavy atom. The molecule has 1 aromatic rings. The van der Waals surface area contributed by atoms with Gasteiger partial charge in [-0.3, -0.25) is 10.2 Å². The largest absolute Gasteiger partial charge is 0.340 e. The molecule has 0 atom stereocenters. The van der Waals surface area contributed by atoms with E-state index in [0.29, 0.717) is 5.56 Å². The van der Waals surface area contributed by atoms with Gasteiger partial charge >= 0.3 is 6.03 Å². The maximum absolute atomic E-state index is 11.4. The van der Waals surface area contributed by atoms with E-state index in [1.807, 2.05) is 6.07 Å². The van der Waals surface area contributed by atoms with E-state index in [2.05, 4.69) is 32.1 Å². The van der Waals surface area contributed by atoms with Gasteiger partial charge in [0.2, 0.25) is 0 Å². The summed E-state index contributed by atoms with van der Waals surface area (Å²) in [5.74, 6) is -0.375. The predicted molar refractivity (Wildman–Crippen MR) is 59.2 cm³/mol. The minimum absolute atomic E-state index is 0.375. The molecule has 0 radical (unpaired) electrons. The van der Waals surface area contributed by atoms with Crippen molar-refractivity contribution >= 4 is 27.9 Å². The summed E-state index contributed by atoms with van der Waals surface area (Å²) >= 11 is 3.24. The quantitative estimate of drug-likeness (QED) is 0.668. The summed E-state index contributed by atoms with van der Waals surface area (Å²) in [4.78, 5) is 22.2. The van der Waals surface area contributed by atoms with Crippen molar-refractivity contribution in [3.05, 3.63) is 34.3 Å². The lowest BCUT2D eigenvalue weighted by atomic mass is 10.2. The van der Waals surface area contributed by atoms with Crippen molar-refractivity contribution in [2.75, 3.05) is 7.05 Å². The summed E-state index contributed by atoms with van der Waals surface area (Å²) in [5.41, 5.74) is 4.90. The molecule has 3 amide bonds. The summed E-state index contributed by atoms with van der Waals surface area (Å²) in [6.07, 6.45) is 0. The topological polar surface area (TPSA) is 70.2 Å². The Bertz CT molecular complexity index is 381. The van der Waals surface area contributed by atoms with Gasteiger partial charge in [-0.1, -0.05) is 22.0 Å². The summed E-state index contributed by atoms with van der Waals surface area (Å²) < 4.78 is 0.801. The van der Waals surface area contributed by atoms with E-state index >= 15 is 0 Å². The minimum Gasteiger partial charge on any atom is -0.340 e. The predicted octanol–water partition coefficient (Wildman–Crippen LogP) is 1.02. The number of nitrogens with one attached hydrogen (secondary N) is 3. The van der Waals surface area contributed by atoms with Crippen LogP contribution >= 0.6 is 15.9 Å². The molecule has 0 aromatic heterocycles. The number of carbonyl (C=O) groups is 2. The van der Waals surface area contributed by atoms with Crippen LogP contribution in [0.1, 0.15) is 10.4 Å². The first-order chi connectivity index (χ1) is 7.13. The Kier molecular flexibility index (Phi) is 4.11. The molecule has 0 bridgehead atoms. The van der Waals surface area contributed by atoms with Gasteiger partial charge in [0.15, 0.2) is 0 Å². The van der Waals surface area contributed by atoms with Crippen molar-refractivity contribution in [3.8, 4) is 0 Å². The summed E-state index contributed by atoms with van der Waals surface area (Å²) in [6, 6.07) is 6.37. The first-order valence-corrected chi connectivity index (χ1v) is 4.96. The Hall–Kier alpha value is -1.56. The number of hydrogen-bond donors (Lipinski definition) is 3. The fraction of sp³-hybridized carbons (Fsp3) is 0.111. The molecule has 1 aromatic carbocycles. The normalized spacial score (nSPS) is 9.20. The van der Waals surface area contributed by atoms with Gasteiger partial charge in [-0.05, 0) is 18.2 Å².